The molecule has 2 aliphatic rings. The van der Waals surface area contributed by atoms with Gasteiger partial charge in [0.1, 0.15) is 11.4 Å². The molecule has 1 aromatic rings. The summed E-state index contributed by atoms with van der Waals surface area (Å²) in [7, 11) is 0. The molecular weight excluding hydrogens is 285 g/mol. The maximum atomic E-state index is 12.7. The highest BCUT2D eigenvalue weighted by Gasteiger charge is 2.45. The molecule has 1 aliphatic carbocycles. The number of fused-ring (bicyclic) bond motifs is 1. The van der Waals surface area contributed by atoms with Gasteiger partial charge in [-0.05, 0) is 18.8 Å². The first kappa shape index (κ1) is 14.3. The van der Waals surface area contributed by atoms with Gasteiger partial charge in [-0.3, -0.25) is 4.90 Å². The van der Waals surface area contributed by atoms with E-state index in [1.165, 1.54) is 0 Å². The normalized spacial score (nSPS) is 22.4. The Bertz CT molecular complexity index is 585. The lowest BCUT2D eigenvalue weighted by molar-refractivity contribution is -0.148. The number of rotatable bonds is 3. The van der Waals surface area contributed by atoms with Crippen LogP contribution in [0, 0.1) is 17.2 Å². The second-order valence-electron chi connectivity index (χ2n) is 5.73. The molecule has 0 bridgehead atoms. The molecule has 0 spiro atoms. The Morgan fingerprint density at radius 1 is 1.29 bits per heavy atom. The Labute approximate surface area is 119 Å². The van der Waals surface area contributed by atoms with Gasteiger partial charge in [-0.2, -0.15) is 18.4 Å². The van der Waals surface area contributed by atoms with Crippen LogP contribution in [0.5, 0.6) is 0 Å². The molecule has 9 heteroatoms. The maximum Gasteiger partial charge on any atom is 0.451 e. The molecule has 0 amide bonds. The van der Waals surface area contributed by atoms with Gasteiger partial charge in [-0.1, -0.05) is 0 Å². The van der Waals surface area contributed by atoms with Gasteiger partial charge in [0, 0.05) is 19.6 Å². The predicted molar refractivity (Wildman–Crippen MR) is 65.6 cm³/mol. The highest BCUT2D eigenvalue weighted by molar-refractivity contribution is 5.15. The number of alkyl halides is 3. The molecule has 114 valence electrons. The van der Waals surface area contributed by atoms with E-state index in [9.17, 15) is 18.4 Å². The second kappa shape index (κ2) is 4.68. The summed E-state index contributed by atoms with van der Waals surface area (Å²) in [5, 5.41) is 16.1. The third kappa shape index (κ3) is 2.61. The standard InChI is InChI=1S/C12H15F3N6/c13-12(14,15)10-19-18-9-5-20(3-4-21(9)10)7-11(17,6-16)8-1-2-8/h8H,1-5,7,17H2. The van der Waals surface area contributed by atoms with Gasteiger partial charge in [0.15, 0.2) is 0 Å². The third-order valence-corrected chi connectivity index (χ3v) is 4.09. The van der Waals surface area contributed by atoms with Crippen LogP contribution in [0.15, 0.2) is 0 Å². The number of nitrogens with zero attached hydrogens (tertiary/aromatic N) is 5. The summed E-state index contributed by atoms with van der Waals surface area (Å²) < 4.78 is 39.3. The fraction of sp³-hybridized carbons (Fsp3) is 0.750. The molecule has 0 radical (unpaired) electrons. The zero-order chi connectivity index (χ0) is 15.3. The summed E-state index contributed by atoms with van der Waals surface area (Å²) in [5.74, 6) is -0.503. The molecule has 1 unspecified atom stereocenters. The lowest BCUT2D eigenvalue weighted by atomic mass is 9.95. The van der Waals surface area contributed by atoms with Crippen LogP contribution in [0.25, 0.3) is 0 Å². The molecule has 0 saturated heterocycles. The summed E-state index contributed by atoms with van der Waals surface area (Å²) in [4.78, 5) is 1.88. The molecule has 2 heterocycles. The summed E-state index contributed by atoms with van der Waals surface area (Å²) in [5.41, 5.74) is 5.18. The second-order valence-corrected chi connectivity index (χ2v) is 5.73. The first-order valence-corrected chi connectivity index (χ1v) is 6.75. The van der Waals surface area contributed by atoms with E-state index in [0.717, 1.165) is 17.4 Å². The van der Waals surface area contributed by atoms with E-state index in [-0.39, 0.29) is 24.8 Å². The maximum absolute atomic E-state index is 12.7. The van der Waals surface area contributed by atoms with E-state index < -0.39 is 17.5 Å². The quantitative estimate of drug-likeness (QED) is 0.890. The topological polar surface area (TPSA) is 83.8 Å². The lowest BCUT2D eigenvalue weighted by Crippen LogP contribution is -2.52. The minimum atomic E-state index is -4.49. The monoisotopic (exact) mass is 300 g/mol. The summed E-state index contributed by atoms with van der Waals surface area (Å²) >= 11 is 0. The van der Waals surface area contributed by atoms with Crippen molar-refractivity contribution >= 4 is 0 Å². The average Bonchev–Trinajstić information content (AvgIpc) is 3.18. The molecule has 1 aromatic heterocycles. The van der Waals surface area contributed by atoms with Gasteiger partial charge in [0.2, 0.25) is 5.82 Å². The minimum Gasteiger partial charge on any atom is -0.312 e. The van der Waals surface area contributed by atoms with Gasteiger partial charge in [0.25, 0.3) is 0 Å². The SMILES string of the molecule is N#CC(N)(CN1CCn2c(nnc2C(F)(F)F)C1)C1CC1. The van der Waals surface area contributed by atoms with Crippen molar-refractivity contribution in [1.29, 1.82) is 5.26 Å². The van der Waals surface area contributed by atoms with E-state index in [1.54, 1.807) is 0 Å². The van der Waals surface area contributed by atoms with Crippen LogP contribution in [0.1, 0.15) is 24.5 Å². The molecule has 1 aliphatic heterocycles. The van der Waals surface area contributed by atoms with Crippen LogP contribution in [0.4, 0.5) is 13.2 Å². The third-order valence-electron chi connectivity index (χ3n) is 4.09. The summed E-state index contributed by atoms with van der Waals surface area (Å²) in [6.07, 6.45) is -2.62. The van der Waals surface area contributed by atoms with Crippen molar-refractivity contribution in [2.24, 2.45) is 11.7 Å². The van der Waals surface area contributed by atoms with E-state index in [4.69, 9.17) is 5.73 Å². The van der Waals surface area contributed by atoms with E-state index in [0.29, 0.717) is 13.1 Å². The Kier molecular flexibility index (Phi) is 3.18. The van der Waals surface area contributed by atoms with Gasteiger partial charge in [-0.15, -0.1) is 10.2 Å². The first-order valence-electron chi connectivity index (χ1n) is 6.75. The zero-order valence-corrected chi connectivity index (χ0v) is 11.3. The van der Waals surface area contributed by atoms with Crippen molar-refractivity contribution in [2.45, 2.75) is 37.6 Å². The van der Waals surface area contributed by atoms with Crippen molar-refractivity contribution in [3.63, 3.8) is 0 Å². The number of aromatic nitrogens is 3. The van der Waals surface area contributed by atoms with E-state index >= 15 is 0 Å². The highest BCUT2D eigenvalue weighted by Crippen LogP contribution is 2.39. The van der Waals surface area contributed by atoms with Gasteiger partial charge < -0.3 is 10.3 Å². The van der Waals surface area contributed by atoms with Crippen LogP contribution in [0.2, 0.25) is 0 Å². The fourth-order valence-corrected chi connectivity index (χ4v) is 2.78. The largest absolute Gasteiger partial charge is 0.451 e. The average molecular weight is 300 g/mol. The molecule has 3 rings (SSSR count). The number of nitrogens with two attached hydrogens (primary N) is 1. The van der Waals surface area contributed by atoms with Crippen LogP contribution in [-0.4, -0.2) is 38.3 Å². The summed E-state index contributed by atoms with van der Waals surface area (Å²) in [6, 6.07) is 2.15. The van der Waals surface area contributed by atoms with Crippen LogP contribution >= 0.6 is 0 Å². The molecule has 2 N–H and O–H groups in total. The van der Waals surface area contributed by atoms with Gasteiger partial charge in [0.05, 0.1) is 12.6 Å². The molecule has 1 saturated carbocycles. The van der Waals surface area contributed by atoms with Crippen molar-refractivity contribution in [3.05, 3.63) is 11.6 Å². The zero-order valence-electron chi connectivity index (χ0n) is 11.3. The van der Waals surface area contributed by atoms with Crippen molar-refractivity contribution < 1.29 is 13.2 Å². The number of nitriles is 1. The predicted octanol–water partition coefficient (Wildman–Crippen LogP) is 0.744. The number of hydrogen-bond donors (Lipinski definition) is 1. The van der Waals surface area contributed by atoms with E-state index in [1.807, 2.05) is 4.90 Å². The molecule has 0 aromatic carbocycles. The lowest BCUT2D eigenvalue weighted by Gasteiger charge is -2.33. The molecule has 1 fully saturated rings. The van der Waals surface area contributed by atoms with Gasteiger partial charge >= 0.3 is 6.18 Å². The van der Waals surface area contributed by atoms with Crippen LogP contribution < -0.4 is 5.73 Å². The first-order chi connectivity index (χ1) is 9.83. The van der Waals surface area contributed by atoms with Crippen molar-refractivity contribution in [3.8, 4) is 6.07 Å². The smallest absolute Gasteiger partial charge is 0.312 e. The van der Waals surface area contributed by atoms with Crippen LogP contribution in [0.3, 0.4) is 0 Å². The summed E-state index contributed by atoms with van der Waals surface area (Å²) in [6.45, 7) is 1.14. The molecular formula is C12H15F3N6. The Morgan fingerprint density at radius 3 is 2.57 bits per heavy atom. The van der Waals surface area contributed by atoms with E-state index in [2.05, 4.69) is 16.3 Å². The number of halogens is 3. The van der Waals surface area contributed by atoms with Gasteiger partial charge in [-0.25, -0.2) is 0 Å². The van der Waals surface area contributed by atoms with Crippen molar-refractivity contribution in [1.82, 2.24) is 19.7 Å². The number of hydrogen-bond acceptors (Lipinski definition) is 5. The Balaban J connectivity index is 1.74. The van der Waals surface area contributed by atoms with Crippen LogP contribution in [-0.2, 0) is 19.3 Å². The molecule has 6 nitrogen and oxygen atoms in total. The minimum absolute atomic E-state index is 0.156. The Hall–Kier alpha value is -1.66. The molecule has 1 atom stereocenters. The van der Waals surface area contributed by atoms with Crippen molar-refractivity contribution in [2.75, 3.05) is 13.1 Å². The highest BCUT2D eigenvalue weighted by atomic mass is 19.4. The fourth-order valence-electron chi connectivity index (χ4n) is 2.78. The Morgan fingerprint density at radius 2 is 2.00 bits per heavy atom. The molecule has 21 heavy (non-hydrogen) atoms.